The van der Waals surface area contributed by atoms with Gasteiger partial charge in [-0.05, 0) is 68.1 Å². The lowest BCUT2D eigenvalue weighted by molar-refractivity contribution is -0.122. The highest BCUT2D eigenvalue weighted by Crippen LogP contribution is 2.38. The number of unbranched alkanes of at least 4 members (excludes halogenated alkanes) is 4. The number of hydrogen-bond donors (Lipinski definition) is 1. The first kappa shape index (κ1) is 24.6. The SMILES string of the molecule is C=C(C1=C(NC(=O)CC(CCCCCCC)CC(C)=O)C(C)=CC1)C1CCCCC1. The number of allylic oxidation sites excluding steroid dienone is 4. The molecule has 0 spiro atoms. The summed E-state index contributed by atoms with van der Waals surface area (Å²) >= 11 is 0. The molecule has 2 aliphatic rings. The summed E-state index contributed by atoms with van der Waals surface area (Å²) in [5, 5.41) is 3.21. The average Bonchev–Trinajstić information content (AvgIpc) is 3.07. The third-order valence-electron chi connectivity index (χ3n) is 6.82. The Morgan fingerprint density at radius 2 is 1.80 bits per heavy atom. The molecule has 0 radical (unpaired) electrons. The molecular weight excluding hydrogens is 370 g/mol. The number of Topliss-reactive ketones (excluding diaryl/α,β-unsaturated/α-hetero) is 1. The van der Waals surface area contributed by atoms with Crippen LogP contribution in [0.4, 0.5) is 0 Å². The van der Waals surface area contributed by atoms with Gasteiger partial charge in [-0.3, -0.25) is 4.79 Å². The average molecular weight is 414 g/mol. The Balaban J connectivity index is 1.96. The van der Waals surface area contributed by atoms with Gasteiger partial charge in [0, 0.05) is 18.5 Å². The Hall–Kier alpha value is -1.64. The van der Waals surface area contributed by atoms with Crippen molar-refractivity contribution >= 4 is 11.7 Å². The third-order valence-corrected chi connectivity index (χ3v) is 6.82. The van der Waals surface area contributed by atoms with Crippen LogP contribution >= 0.6 is 0 Å². The smallest absolute Gasteiger partial charge is 0.224 e. The molecule has 0 heterocycles. The molecule has 3 heteroatoms. The predicted octanol–water partition coefficient (Wildman–Crippen LogP) is 7.19. The molecule has 0 aromatic rings. The summed E-state index contributed by atoms with van der Waals surface area (Å²) in [5.74, 6) is 0.950. The Kier molecular flexibility index (Phi) is 10.6. The second-order valence-corrected chi connectivity index (χ2v) is 9.53. The molecule has 168 valence electrons. The number of nitrogens with one attached hydrogen (secondary N) is 1. The minimum atomic E-state index is 0.0494. The van der Waals surface area contributed by atoms with Gasteiger partial charge in [0.2, 0.25) is 5.91 Å². The Bertz CT molecular complexity index is 664. The highest BCUT2D eigenvalue weighted by molar-refractivity contribution is 5.81. The van der Waals surface area contributed by atoms with E-state index in [2.05, 4.69) is 31.8 Å². The molecule has 0 saturated heterocycles. The number of amides is 1. The zero-order chi connectivity index (χ0) is 21.9. The molecule has 3 nitrogen and oxygen atoms in total. The molecule has 2 rings (SSSR count). The number of carbonyl (C=O) groups is 2. The van der Waals surface area contributed by atoms with E-state index in [4.69, 9.17) is 0 Å². The van der Waals surface area contributed by atoms with Crippen molar-refractivity contribution in [2.75, 3.05) is 0 Å². The first-order chi connectivity index (χ1) is 14.4. The summed E-state index contributed by atoms with van der Waals surface area (Å²) < 4.78 is 0. The molecule has 0 bridgehead atoms. The van der Waals surface area contributed by atoms with E-state index in [1.165, 1.54) is 68.9 Å². The van der Waals surface area contributed by atoms with Crippen LogP contribution in [0.1, 0.15) is 111 Å². The second-order valence-electron chi connectivity index (χ2n) is 9.53. The minimum Gasteiger partial charge on any atom is -0.326 e. The summed E-state index contributed by atoms with van der Waals surface area (Å²) in [5.41, 5.74) is 4.60. The van der Waals surface area contributed by atoms with E-state index in [0.29, 0.717) is 18.8 Å². The number of carbonyl (C=O) groups excluding carboxylic acids is 2. The van der Waals surface area contributed by atoms with Gasteiger partial charge in [0.1, 0.15) is 5.78 Å². The highest BCUT2D eigenvalue weighted by atomic mass is 16.1. The predicted molar refractivity (Wildman–Crippen MR) is 126 cm³/mol. The van der Waals surface area contributed by atoms with Gasteiger partial charge in [-0.15, -0.1) is 0 Å². The van der Waals surface area contributed by atoms with Crippen molar-refractivity contribution in [3.8, 4) is 0 Å². The second kappa shape index (κ2) is 12.9. The van der Waals surface area contributed by atoms with Crippen LogP contribution in [-0.2, 0) is 9.59 Å². The van der Waals surface area contributed by atoms with Crippen LogP contribution in [0.5, 0.6) is 0 Å². The molecule has 0 aromatic heterocycles. The lowest BCUT2D eigenvalue weighted by Crippen LogP contribution is -2.27. The number of ketones is 1. The van der Waals surface area contributed by atoms with Gasteiger partial charge < -0.3 is 10.1 Å². The summed E-state index contributed by atoms with van der Waals surface area (Å²) in [7, 11) is 0. The molecule has 1 unspecified atom stereocenters. The maximum absolute atomic E-state index is 12.9. The van der Waals surface area contributed by atoms with Crippen molar-refractivity contribution in [2.45, 2.75) is 111 Å². The summed E-state index contributed by atoms with van der Waals surface area (Å²) in [6.07, 6.45) is 17.4. The topological polar surface area (TPSA) is 46.2 Å². The maximum atomic E-state index is 12.9. The molecule has 1 saturated carbocycles. The molecule has 1 N–H and O–H groups in total. The fourth-order valence-corrected chi connectivity index (χ4v) is 5.03. The fourth-order valence-electron chi connectivity index (χ4n) is 5.03. The normalized spacial score (nSPS) is 18.3. The number of hydrogen-bond acceptors (Lipinski definition) is 2. The van der Waals surface area contributed by atoms with Crippen LogP contribution in [-0.4, -0.2) is 11.7 Å². The molecule has 2 aliphatic carbocycles. The van der Waals surface area contributed by atoms with Gasteiger partial charge in [0.15, 0.2) is 0 Å². The van der Waals surface area contributed by atoms with Gasteiger partial charge in [0.25, 0.3) is 0 Å². The third kappa shape index (κ3) is 7.89. The largest absolute Gasteiger partial charge is 0.326 e. The summed E-state index contributed by atoms with van der Waals surface area (Å²) in [4.78, 5) is 24.6. The Morgan fingerprint density at radius 1 is 1.10 bits per heavy atom. The lowest BCUT2D eigenvalue weighted by Gasteiger charge is -2.26. The van der Waals surface area contributed by atoms with Crippen LogP contribution < -0.4 is 5.32 Å². The van der Waals surface area contributed by atoms with E-state index in [1.807, 2.05) is 0 Å². The van der Waals surface area contributed by atoms with Crippen molar-refractivity contribution in [3.63, 3.8) is 0 Å². The van der Waals surface area contributed by atoms with Crippen LogP contribution in [0.3, 0.4) is 0 Å². The molecule has 1 atom stereocenters. The van der Waals surface area contributed by atoms with Crippen LogP contribution in [0.15, 0.2) is 35.1 Å². The number of rotatable bonds is 13. The van der Waals surface area contributed by atoms with Gasteiger partial charge in [-0.1, -0.05) is 70.9 Å². The molecule has 30 heavy (non-hydrogen) atoms. The van der Waals surface area contributed by atoms with E-state index < -0.39 is 0 Å². The summed E-state index contributed by atoms with van der Waals surface area (Å²) in [6.45, 7) is 10.4. The first-order valence-corrected chi connectivity index (χ1v) is 12.3. The van der Waals surface area contributed by atoms with Gasteiger partial charge in [-0.2, -0.15) is 0 Å². The van der Waals surface area contributed by atoms with Gasteiger partial charge in [0.05, 0.1) is 0 Å². The monoisotopic (exact) mass is 413 g/mol. The van der Waals surface area contributed by atoms with Crippen molar-refractivity contribution in [1.29, 1.82) is 0 Å². The standard InChI is InChI=1S/C27H43NO2/c1-5-6-7-8-10-13-23(18-21(3)29)19-26(30)28-27-20(2)16-17-25(27)22(4)24-14-11-9-12-15-24/h16,23-24H,4-15,17-19H2,1-3H3,(H,28,30). The minimum absolute atomic E-state index is 0.0494. The van der Waals surface area contributed by atoms with Crippen molar-refractivity contribution in [2.24, 2.45) is 11.8 Å². The quantitative estimate of drug-likeness (QED) is 0.325. The Morgan fingerprint density at radius 3 is 2.47 bits per heavy atom. The van der Waals surface area contributed by atoms with Gasteiger partial charge in [-0.25, -0.2) is 0 Å². The zero-order valence-corrected chi connectivity index (χ0v) is 19.7. The summed E-state index contributed by atoms with van der Waals surface area (Å²) in [6, 6.07) is 0. The lowest BCUT2D eigenvalue weighted by atomic mass is 9.81. The van der Waals surface area contributed by atoms with E-state index >= 15 is 0 Å². The van der Waals surface area contributed by atoms with Crippen molar-refractivity contribution < 1.29 is 9.59 Å². The molecule has 1 amide bonds. The van der Waals surface area contributed by atoms with E-state index in [0.717, 1.165) is 30.5 Å². The van der Waals surface area contributed by atoms with Gasteiger partial charge >= 0.3 is 0 Å². The highest BCUT2D eigenvalue weighted by Gasteiger charge is 2.25. The van der Waals surface area contributed by atoms with E-state index in [1.54, 1.807) is 6.92 Å². The molecule has 0 aliphatic heterocycles. The Labute approximate surface area is 184 Å². The van der Waals surface area contributed by atoms with Crippen LogP contribution in [0.25, 0.3) is 0 Å². The van der Waals surface area contributed by atoms with Crippen molar-refractivity contribution in [3.05, 3.63) is 35.1 Å². The van der Waals surface area contributed by atoms with Crippen LogP contribution in [0.2, 0.25) is 0 Å². The maximum Gasteiger partial charge on any atom is 0.224 e. The van der Waals surface area contributed by atoms with E-state index in [-0.39, 0.29) is 17.6 Å². The van der Waals surface area contributed by atoms with Crippen LogP contribution in [0, 0.1) is 11.8 Å². The molecule has 1 fully saturated rings. The molecule has 0 aromatic carbocycles. The molecular formula is C27H43NO2. The van der Waals surface area contributed by atoms with Crippen molar-refractivity contribution in [1.82, 2.24) is 5.32 Å². The van der Waals surface area contributed by atoms with E-state index in [9.17, 15) is 9.59 Å². The fraction of sp³-hybridized carbons (Fsp3) is 0.704. The zero-order valence-electron chi connectivity index (χ0n) is 19.7. The first-order valence-electron chi connectivity index (χ1n) is 12.3.